The van der Waals surface area contributed by atoms with Crippen molar-refractivity contribution in [2.75, 3.05) is 31.8 Å². The van der Waals surface area contributed by atoms with E-state index in [0.29, 0.717) is 23.8 Å². The van der Waals surface area contributed by atoms with Crippen molar-refractivity contribution in [1.82, 2.24) is 0 Å². The van der Waals surface area contributed by atoms with Gasteiger partial charge in [-0.3, -0.25) is 4.79 Å². The highest BCUT2D eigenvalue weighted by molar-refractivity contribution is 6.32. The number of hydrogen-bond acceptors (Lipinski definition) is 7. The van der Waals surface area contributed by atoms with Crippen molar-refractivity contribution in [3.8, 4) is 23.3 Å². The molecule has 0 aliphatic heterocycles. The molecule has 2 aromatic rings. The van der Waals surface area contributed by atoms with E-state index in [1.54, 1.807) is 24.3 Å². The van der Waals surface area contributed by atoms with E-state index in [1.807, 2.05) is 26.8 Å². The highest BCUT2D eigenvalue weighted by Gasteiger charge is 2.21. The number of hydrogen-bond donors (Lipinski definition) is 0. The first-order valence-corrected chi connectivity index (χ1v) is 10.8. The average molecular weight is 475 g/mol. The molecule has 0 saturated carbocycles. The third-order valence-corrected chi connectivity index (χ3v) is 4.63. The molecule has 33 heavy (non-hydrogen) atoms. The first-order chi connectivity index (χ1) is 15.8. The molecule has 0 bridgehead atoms. The maximum absolute atomic E-state index is 12.8. The molecule has 176 valence electrons. The molecule has 0 unspecified atom stereocenters. The van der Waals surface area contributed by atoms with Crippen molar-refractivity contribution >= 4 is 29.2 Å². The zero-order chi connectivity index (χ0) is 24.4. The molecule has 1 amide bonds. The van der Waals surface area contributed by atoms with Gasteiger partial charge in [0.2, 0.25) is 0 Å². The fourth-order valence-electron chi connectivity index (χ4n) is 2.92. The molecule has 2 rings (SSSR count). The third-order valence-electron chi connectivity index (χ3n) is 4.35. The van der Waals surface area contributed by atoms with E-state index in [-0.39, 0.29) is 35.4 Å². The number of halogens is 1. The Morgan fingerprint density at radius 2 is 1.88 bits per heavy atom. The molecule has 2 aromatic carbocycles. The number of nitrogens with zero attached hydrogens (tertiary/aromatic N) is 2. The Morgan fingerprint density at radius 1 is 1.18 bits per heavy atom. The molecule has 0 heterocycles. The molecule has 9 heteroatoms. The van der Waals surface area contributed by atoms with Crippen LogP contribution in [0.25, 0.3) is 0 Å². The Kier molecular flexibility index (Phi) is 9.83. The van der Waals surface area contributed by atoms with Crippen LogP contribution in [0.4, 0.5) is 5.69 Å². The van der Waals surface area contributed by atoms with Crippen LogP contribution < -0.4 is 19.1 Å². The summed E-state index contributed by atoms with van der Waals surface area (Å²) in [7, 11) is 1.43. The Morgan fingerprint density at radius 3 is 2.45 bits per heavy atom. The van der Waals surface area contributed by atoms with Crippen LogP contribution in [-0.4, -0.2) is 44.8 Å². The summed E-state index contributed by atoms with van der Waals surface area (Å²) in [6, 6.07) is 11.7. The molecule has 0 spiro atoms. The summed E-state index contributed by atoms with van der Waals surface area (Å²) in [4.78, 5) is 26.8. The number of esters is 1. The lowest BCUT2D eigenvalue weighted by atomic mass is 10.2. The minimum Gasteiger partial charge on any atom is -0.494 e. The number of amides is 1. The molecule has 0 N–H and O–H groups in total. The maximum Gasteiger partial charge on any atom is 0.338 e. The number of methoxy groups -OCH3 is 1. The summed E-state index contributed by atoms with van der Waals surface area (Å²) in [6.45, 7) is 5.71. The van der Waals surface area contributed by atoms with Crippen LogP contribution in [0.5, 0.6) is 17.2 Å². The number of ether oxygens (including phenoxy) is 4. The van der Waals surface area contributed by atoms with E-state index in [1.165, 1.54) is 24.1 Å². The van der Waals surface area contributed by atoms with Crippen LogP contribution >= 0.6 is 11.6 Å². The monoisotopic (exact) mass is 474 g/mol. The SMILES string of the molecule is CCOc1ccc(N(CCC#N)C(=O)COC(=O)c2cc(Cl)c(OC(C)C)c(OC)c2)cc1. The number of carbonyl (C=O) groups is 2. The summed E-state index contributed by atoms with van der Waals surface area (Å²) in [5.74, 6) is 0.0442. The summed E-state index contributed by atoms with van der Waals surface area (Å²) < 4.78 is 21.5. The molecule has 0 radical (unpaired) electrons. The smallest absolute Gasteiger partial charge is 0.338 e. The molecule has 0 aliphatic carbocycles. The molecule has 0 saturated heterocycles. The van der Waals surface area contributed by atoms with Gasteiger partial charge in [-0.15, -0.1) is 0 Å². The zero-order valence-corrected chi connectivity index (χ0v) is 19.8. The highest BCUT2D eigenvalue weighted by atomic mass is 35.5. The summed E-state index contributed by atoms with van der Waals surface area (Å²) in [5.41, 5.74) is 0.681. The number of benzene rings is 2. The van der Waals surface area contributed by atoms with Gasteiger partial charge in [0.15, 0.2) is 18.1 Å². The second kappa shape index (κ2) is 12.6. The van der Waals surface area contributed by atoms with Crippen molar-refractivity contribution in [2.24, 2.45) is 0 Å². The molecule has 0 atom stereocenters. The summed E-state index contributed by atoms with van der Waals surface area (Å²) >= 11 is 6.26. The Balaban J connectivity index is 2.13. The molecular weight excluding hydrogens is 448 g/mol. The first-order valence-electron chi connectivity index (χ1n) is 10.4. The molecular formula is C24H27ClN2O6. The minimum atomic E-state index is -0.744. The third kappa shape index (κ3) is 7.29. The predicted molar refractivity (Wildman–Crippen MR) is 124 cm³/mol. The lowest BCUT2D eigenvalue weighted by Gasteiger charge is -2.22. The Labute approximate surface area is 198 Å². The molecule has 0 aromatic heterocycles. The lowest BCUT2D eigenvalue weighted by molar-refractivity contribution is -0.121. The zero-order valence-electron chi connectivity index (χ0n) is 19.1. The largest absolute Gasteiger partial charge is 0.494 e. The van der Waals surface area contributed by atoms with Gasteiger partial charge in [-0.1, -0.05) is 11.6 Å². The molecule has 8 nitrogen and oxygen atoms in total. The lowest BCUT2D eigenvalue weighted by Crippen LogP contribution is -2.35. The van der Waals surface area contributed by atoms with Crippen LogP contribution in [0, 0.1) is 11.3 Å². The minimum absolute atomic E-state index is 0.116. The van der Waals surface area contributed by atoms with Crippen LogP contribution in [0.1, 0.15) is 37.6 Å². The van der Waals surface area contributed by atoms with Crippen molar-refractivity contribution < 1.29 is 28.5 Å². The van der Waals surface area contributed by atoms with Gasteiger partial charge in [0.25, 0.3) is 5.91 Å². The van der Waals surface area contributed by atoms with Gasteiger partial charge < -0.3 is 23.8 Å². The Bertz CT molecular complexity index is 1000. The number of rotatable bonds is 11. The quantitative estimate of drug-likeness (QED) is 0.437. The van der Waals surface area contributed by atoms with Crippen molar-refractivity contribution in [3.63, 3.8) is 0 Å². The average Bonchev–Trinajstić information content (AvgIpc) is 2.79. The fourth-order valence-corrected chi connectivity index (χ4v) is 3.18. The van der Waals surface area contributed by atoms with E-state index >= 15 is 0 Å². The topological polar surface area (TPSA) is 98.1 Å². The van der Waals surface area contributed by atoms with Gasteiger partial charge in [0.1, 0.15) is 5.75 Å². The van der Waals surface area contributed by atoms with Crippen LogP contribution in [0.3, 0.4) is 0 Å². The van der Waals surface area contributed by atoms with Gasteiger partial charge in [-0.2, -0.15) is 5.26 Å². The molecule has 0 aliphatic rings. The second-order valence-electron chi connectivity index (χ2n) is 7.11. The van der Waals surface area contributed by atoms with E-state index in [4.69, 9.17) is 35.8 Å². The highest BCUT2D eigenvalue weighted by Crippen LogP contribution is 2.37. The van der Waals surface area contributed by atoms with E-state index in [0.717, 1.165) is 0 Å². The van der Waals surface area contributed by atoms with Crippen LogP contribution in [0.15, 0.2) is 36.4 Å². The fraction of sp³-hybridized carbons (Fsp3) is 0.375. The normalized spacial score (nSPS) is 10.3. The van der Waals surface area contributed by atoms with Gasteiger partial charge >= 0.3 is 5.97 Å². The van der Waals surface area contributed by atoms with E-state index in [2.05, 4.69) is 0 Å². The number of anilines is 1. The summed E-state index contributed by atoms with van der Waals surface area (Å²) in [5, 5.41) is 9.14. The van der Waals surface area contributed by atoms with Gasteiger partial charge in [-0.25, -0.2) is 4.79 Å². The van der Waals surface area contributed by atoms with E-state index in [9.17, 15) is 9.59 Å². The Hall–Kier alpha value is -3.44. The standard InChI is InChI=1S/C24H27ClN2O6/c1-5-31-19-9-7-18(8-10-19)27(12-6-11-26)22(28)15-32-24(29)17-13-20(25)23(33-16(2)3)21(14-17)30-4/h7-10,13-14,16H,5-6,12,15H2,1-4H3. The van der Waals surface area contributed by atoms with Crippen molar-refractivity contribution in [2.45, 2.75) is 33.3 Å². The van der Waals surface area contributed by atoms with Gasteiger partial charge in [0, 0.05) is 12.2 Å². The van der Waals surface area contributed by atoms with Crippen molar-refractivity contribution in [1.29, 1.82) is 5.26 Å². The maximum atomic E-state index is 12.8. The van der Waals surface area contributed by atoms with Crippen LogP contribution in [0.2, 0.25) is 5.02 Å². The van der Waals surface area contributed by atoms with E-state index < -0.39 is 18.5 Å². The predicted octanol–water partition coefficient (Wildman–Crippen LogP) is 4.64. The van der Waals surface area contributed by atoms with Gasteiger partial charge in [0.05, 0.1) is 42.9 Å². The van der Waals surface area contributed by atoms with Gasteiger partial charge in [-0.05, 0) is 57.2 Å². The second-order valence-corrected chi connectivity index (χ2v) is 7.52. The van der Waals surface area contributed by atoms with Crippen LogP contribution in [-0.2, 0) is 9.53 Å². The number of nitriles is 1. The first kappa shape index (κ1) is 25.8. The molecule has 0 fully saturated rings. The number of carbonyl (C=O) groups excluding carboxylic acids is 2. The summed E-state index contributed by atoms with van der Waals surface area (Å²) in [6.07, 6.45) is -0.0226. The van der Waals surface area contributed by atoms with Crippen molar-refractivity contribution in [3.05, 3.63) is 47.0 Å².